The molecule has 152 valence electrons. The fourth-order valence-corrected chi connectivity index (χ4v) is 4.54. The van der Waals surface area contributed by atoms with Gasteiger partial charge in [-0.05, 0) is 30.5 Å². The van der Waals surface area contributed by atoms with Gasteiger partial charge < -0.3 is 9.47 Å². The molecule has 0 bridgehead atoms. The van der Waals surface area contributed by atoms with Crippen molar-refractivity contribution in [3.8, 4) is 0 Å². The normalized spacial score (nSPS) is 17.4. The molecule has 0 aliphatic carbocycles. The van der Waals surface area contributed by atoms with Crippen molar-refractivity contribution in [1.29, 1.82) is 0 Å². The first kappa shape index (κ1) is 20.0. The van der Waals surface area contributed by atoms with Crippen LogP contribution in [0.3, 0.4) is 0 Å². The van der Waals surface area contributed by atoms with E-state index in [2.05, 4.69) is 40.2 Å². The number of benzene rings is 2. The molecule has 1 fully saturated rings. The van der Waals surface area contributed by atoms with E-state index in [4.69, 9.17) is 9.47 Å². The van der Waals surface area contributed by atoms with Gasteiger partial charge in [-0.3, -0.25) is 9.69 Å². The largest absolute Gasteiger partial charge is 0.463 e. The highest BCUT2D eigenvalue weighted by Crippen LogP contribution is 2.22. The molecule has 6 heteroatoms. The number of aromatic nitrogens is 1. The van der Waals surface area contributed by atoms with Crippen LogP contribution >= 0.6 is 11.3 Å². The van der Waals surface area contributed by atoms with Gasteiger partial charge >= 0.3 is 5.97 Å². The second-order valence-corrected chi connectivity index (χ2v) is 8.44. The van der Waals surface area contributed by atoms with E-state index in [0.29, 0.717) is 19.6 Å². The van der Waals surface area contributed by atoms with E-state index < -0.39 is 0 Å². The maximum atomic E-state index is 12.1. The van der Waals surface area contributed by atoms with E-state index in [0.717, 1.165) is 43.0 Å². The molecule has 1 atom stereocenters. The van der Waals surface area contributed by atoms with E-state index in [-0.39, 0.29) is 12.1 Å². The van der Waals surface area contributed by atoms with Gasteiger partial charge in [-0.2, -0.15) is 0 Å². The third-order valence-corrected chi connectivity index (χ3v) is 6.11. The lowest BCUT2D eigenvalue weighted by Crippen LogP contribution is -2.44. The third kappa shape index (κ3) is 5.85. The van der Waals surface area contributed by atoms with Crippen molar-refractivity contribution in [2.75, 3.05) is 26.3 Å². The Morgan fingerprint density at radius 3 is 2.86 bits per heavy atom. The lowest BCUT2D eigenvalue weighted by atomic mass is 10.2. The van der Waals surface area contributed by atoms with Crippen molar-refractivity contribution in [3.05, 3.63) is 65.2 Å². The zero-order chi connectivity index (χ0) is 19.9. The number of hydrogen-bond donors (Lipinski definition) is 0. The molecule has 0 saturated carbocycles. The van der Waals surface area contributed by atoms with E-state index in [1.807, 2.05) is 24.3 Å². The molecular formula is C23H26N2O3S. The fraction of sp³-hybridized carbons (Fsp3) is 0.391. The van der Waals surface area contributed by atoms with Crippen molar-refractivity contribution in [3.63, 3.8) is 0 Å². The Hall–Kier alpha value is -2.28. The van der Waals surface area contributed by atoms with Gasteiger partial charge in [0.15, 0.2) is 0 Å². The van der Waals surface area contributed by atoms with Crippen LogP contribution in [-0.2, 0) is 27.2 Å². The van der Waals surface area contributed by atoms with Crippen molar-refractivity contribution in [2.45, 2.75) is 31.9 Å². The van der Waals surface area contributed by atoms with Gasteiger partial charge in [-0.25, -0.2) is 4.98 Å². The molecule has 0 radical (unpaired) electrons. The van der Waals surface area contributed by atoms with Gasteiger partial charge in [-0.15, -0.1) is 11.3 Å². The maximum Gasteiger partial charge on any atom is 0.305 e. The Labute approximate surface area is 175 Å². The molecule has 29 heavy (non-hydrogen) atoms. The van der Waals surface area contributed by atoms with Crippen LogP contribution < -0.4 is 0 Å². The molecule has 0 amide bonds. The molecule has 2 aromatic carbocycles. The third-order valence-electron chi connectivity index (χ3n) is 5.01. The second-order valence-electron chi connectivity index (χ2n) is 7.33. The van der Waals surface area contributed by atoms with Crippen LogP contribution in [0.5, 0.6) is 0 Å². The number of carbonyl (C=O) groups is 1. The van der Waals surface area contributed by atoms with Crippen molar-refractivity contribution < 1.29 is 14.3 Å². The number of morpholine rings is 1. The van der Waals surface area contributed by atoms with E-state index >= 15 is 0 Å². The second kappa shape index (κ2) is 9.96. The molecule has 1 aliphatic rings. The van der Waals surface area contributed by atoms with Crippen LogP contribution in [-0.4, -0.2) is 48.3 Å². The van der Waals surface area contributed by atoms with Crippen LogP contribution in [0, 0.1) is 0 Å². The van der Waals surface area contributed by atoms with Crippen molar-refractivity contribution in [2.24, 2.45) is 0 Å². The molecular weight excluding hydrogens is 384 g/mol. The molecule has 1 saturated heterocycles. The molecule has 1 aromatic heterocycles. The molecule has 2 heterocycles. The Kier molecular flexibility index (Phi) is 6.87. The Morgan fingerprint density at radius 1 is 1.17 bits per heavy atom. The van der Waals surface area contributed by atoms with Crippen LogP contribution in [0.15, 0.2) is 54.6 Å². The number of carbonyl (C=O) groups excluding carboxylic acids is 1. The molecule has 0 N–H and O–H groups in total. The Morgan fingerprint density at radius 2 is 2.00 bits per heavy atom. The molecule has 1 unspecified atom stereocenters. The summed E-state index contributed by atoms with van der Waals surface area (Å²) in [7, 11) is 0. The quantitative estimate of drug-likeness (QED) is 0.524. The SMILES string of the molecule is O=C(CCCc1nc2ccccc2s1)OCC1CN(Cc2ccccc2)CCO1. The van der Waals surface area contributed by atoms with Gasteiger partial charge in [0.2, 0.25) is 0 Å². The predicted octanol–water partition coefficient (Wildman–Crippen LogP) is 4.06. The highest BCUT2D eigenvalue weighted by molar-refractivity contribution is 7.18. The number of aryl methyl sites for hydroxylation is 1. The number of hydrogen-bond acceptors (Lipinski definition) is 6. The summed E-state index contributed by atoms with van der Waals surface area (Å²) in [5, 5.41) is 1.08. The highest BCUT2D eigenvalue weighted by Gasteiger charge is 2.22. The van der Waals surface area contributed by atoms with Crippen molar-refractivity contribution in [1.82, 2.24) is 9.88 Å². The number of nitrogens with zero attached hydrogens (tertiary/aromatic N) is 2. The molecule has 5 nitrogen and oxygen atoms in total. The lowest BCUT2D eigenvalue weighted by Gasteiger charge is -2.32. The smallest absolute Gasteiger partial charge is 0.305 e. The summed E-state index contributed by atoms with van der Waals surface area (Å²) in [5.74, 6) is -0.158. The monoisotopic (exact) mass is 410 g/mol. The van der Waals surface area contributed by atoms with E-state index in [1.165, 1.54) is 10.3 Å². The first-order valence-corrected chi connectivity index (χ1v) is 11.0. The molecule has 4 rings (SSSR count). The molecule has 3 aromatic rings. The number of esters is 1. The summed E-state index contributed by atoms with van der Waals surface area (Å²) in [6.07, 6.45) is 1.92. The number of fused-ring (bicyclic) bond motifs is 1. The van der Waals surface area contributed by atoms with Gasteiger partial charge in [0.05, 0.1) is 21.8 Å². The minimum absolute atomic E-state index is 0.0549. The number of thiazole rings is 1. The number of rotatable bonds is 8. The Bertz CT molecular complexity index is 895. The highest BCUT2D eigenvalue weighted by atomic mass is 32.1. The van der Waals surface area contributed by atoms with Gasteiger partial charge in [0.25, 0.3) is 0 Å². The minimum Gasteiger partial charge on any atom is -0.463 e. The predicted molar refractivity (Wildman–Crippen MR) is 115 cm³/mol. The van der Waals surface area contributed by atoms with Crippen LogP contribution in [0.25, 0.3) is 10.2 Å². The summed E-state index contributed by atoms with van der Waals surface area (Å²) >= 11 is 1.70. The van der Waals surface area contributed by atoms with Crippen LogP contribution in [0.4, 0.5) is 0 Å². The first-order chi connectivity index (χ1) is 14.3. The summed E-state index contributed by atoms with van der Waals surface area (Å²) in [5.41, 5.74) is 2.32. The first-order valence-electron chi connectivity index (χ1n) is 10.1. The molecule has 1 aliphatic heterocycles. The van der Waals surface area contributed by atoms with Crippen molar-refractivity contribution >= 4 is 27.5 Å². The van der Waals surface area contributed by atoms with E-state index in [1.54, 1.807) is 11.3 Å². The summed E-state index contributed by atoms with van der Waals surface area (Å²) < 4.78 is 12.4. The molecule has 0 spiro atoms. The maximum absolute atomic E-state index is 12.1. The number of para-hydroxylation sites is 1. The lowest BCUT2D eigenvalue weighted by molar-refractivity contribution is -0.150. The average Bonchev–Trinajstić information content (AvgIpc) is 3.16. The average molecular weight is 411 g/mol. The minimum atomic E-state index is -0.158. The van der Waals surface area contributed by atoms with Gasteiger partial charge in [-0.1, -0.05) is 42.5 Å². The Balaban J connectivity index is 1.16. The number of ether oxygens (including phenoxy) is 2. The van der Waals surface area contributed by atoms with Gasteiger partial charge in [0, 0.05) is 26.1 Å². The fourth-order valence-electron chi connectivity index (χ4n) is 3.54. The standard InChI is InChI=1S/C23H26N2O3S/c26-23(12-6-11-22-24-20-9-4-5-10-21(20)29-22)28-17-19-16-25(13-14-27-19)15-18-7-2-1-3-8-18/h1-5,7-10,19H,6,11-17H2. The van der Waals surface area contributed by atoms with Gasteiger partial charge in [0.1, 0.15) is 12.7 Å². The zero-order valence-corrected chi connectivity index (χ0v) is 17.3. The summed E-state index contributed by atoms with van der Waals surface area (Å²) in [6.45, 7) is 3.59. The van der Waals surface area contributed by atoms with Crippen LogP contribution in [0.1, 0.15) is 23.4 Å². The van der Waals surface area contributed by atoms with Crippen LogP contribution in [0.2, 0.25) is 0 Å². The zero-order valence-electron chi connectivity index (χ0n) is 16.5. The summed E-state index contributed by atoms with van der Waals surface area (Å²) in [6, 6.07) is 18.5. The summed E-state index contributed by atoms with van der Waals surface area (Å²) in [4.78, 5) is 19.1. The topological polar surface area (TPSA) is 51.7 Å². The van der Waals surface area contributed by atoms with E-state index in [9.17, 15) is 4.79 Å².